The highest BCUT2D eigenvalue weighted by atomic mass is 32.1. The predicted molar refractivity (Wildman–Crippen MR) is 107 cm³/mol. The minimum atomic E-state index is -0.388. The van der Waals surface area contributed by atoms with E-state index in [1.54, 1.807) is 43.5 Å². The number of ether oxygens (including phenoxy) is 1. The maximum absolute atomic E-state index is 13.2. The molecule has 1 aliphatic heterocycles. The van der Waals surface area contributed by atoms with Gasteiger partial charge in [0.05, 0.1) is 24.1 Å². The number of rotatable bonds is 5. The van der Waals surface area contributed by atoms with Crippen LogP contribution in [0.3, 0.4) is 0 Å². The number of para-hydroxylation sites is 3. The van der Waals surface area contributed by atoms with Gasteiger partial charge in [-0.15, -0.1) is 11.3 Å². The number of methoxy groups -OCH3 is 1. The fourth-order valence-electron chi connectivity index (χ4n) is 2.99. The number of carbonyl (C=O) groups is 2. The zero-order valence-corrected chi connectivity index (χ0v) is 15.3. The topological polar surface area (TPSA) is 58.6 Å². The summed E-state index contributed by atoms with van der Waals surface area (Å²) in [5.41, 5.74) is 1.78. The molecule has 4 rings (SSSR count). The van der Waals surface area contributed by atoms with Crippen molar-refractivity contribution in [2.24, 2.45) is 0 Å². The summed E-state index contributed by atoms with van der Waals surface area (Å²) in [4.78, 5) is 28.3. The molecular formula is C21H16N2O3S. The molecule has 0 fully saturated rings. The number of thiophene rings is 1. The van der Waals surface area contributed by atoms with E-state index in [1.807, 2.05) is 35.7 Å². The number of hydrogen-bond acceptors (Lipinski definition) is 5. The quantitative estimate of drug-likeness (QED) is 0.680. The van der Waals surface area contributed by atoms with E-state index in [2.05, 4.69) is 5.32 Å². The molecule has 2 amide bonds. The van der Waals surface area contributed by atoms with Crippen LogP contribution in [-0.4, -0.2) is 18.9 Å². The standard InChI is InChI=1S/C21H16N2O3S/c1-26-16-11-6-5-10-15(16)22-19-18(17-12-7-13-27-17)20(24)23(21(19)25)14-8-3-2-4-9-14/h2-13,22H,1H3. The van der Waals surface area contributed by atoms with Gasteiger partial charge in [-0.3, -0.25) is 9.59 Å². The largest absolute Gasteiger partial charge is 0.495 e. The van der Waals surface area contributed by atoms with Gasteiger partial charge in [0.1, 0.15) is 11.4 Å². The molecule has 0 atom stereocenters. The van der Waals surface area contributed by atoms with Crippen molar-refractivity contribution in [2.45, 2.75) is 0 Å². The Labute approximate surface area is 160 Å². The van der Waals surface area contributed by atoms with Gasteiger partial charge in [-0.25, -0.2) is 4.90 Å². The second kappa shape index (κ2) is 7.09. The molecule has 1 aromatic heterocycles. The molecular weight excluding hydrogens is 360 g/mol. The molecule has 2 aromatic carbocycles. The second-order valence-corrected chi connectivity index (χ2v) is 6.78. The lowest BCUT2D eigenvalue weighted by Gasteiger charge is -2.15. The Morgan fingerprint density at radius 3 is 2.33 bits per heavy atom. The van der Waals surface area contributed by atoms with Crippen molar-refractivity contribution in [2.75, 3.05) is 17.3 Å². The Morgan fingerprint density at radius 1 is 0.889 bits per heavy atom. The Morgan fingerprint density at radius 2 is 1.63 bits per heavy atom. The maximum atomic E-state index is 13.2. The predicted octanol–water partition coefficient (Wildman–Crippen LogP) is 4.15. The first-order valence-electron chi connectivity index (χ1n) is 8.32. The average molecular weight is 376 g/mol. The molecule has 1 N–H and O–H groups in total. The van der Waals surface area contributed by atoms with Gasteiger partial charge in [-0.05, 0) is 35.7 Å². The van der Waals surface area contributed by atoms with E-state index in [4.69, 9.17) is 4.74 Å². The first-order valence-corrected chi connectivity index (χ1v) is 9.20. The summed E-state index contributed by atoms with van der Waals surface area (Å²) >= 11 is 1.42. The van der Waals surface area contributed by atoms with Crippen molar-refractivity contribution < 1.29 is 14.3 Å². The van der Waals surface area contributed by atoms with Crippen molar-refractivity contribution >= 4 is 40.1 Å². The number of hydrogen-bond donors (Lipinski definition) is 1. The van der Waals surface area contributed by atoms with Crippen LogP contribution in [0.4, 0.5) is 11.4 Å². The molecule has 0 aliphatic carbocycles. The molecule has 0 unspecified atom stereocenters. The maximum Gasteiger partial charge on any atom is 0.282 e. The van der Waals surface area contributed by atoms with Crippen LogP contribution in [0.15, 0.2) is 77.8 Å². The van der Waals surface area contributed by atoms with Gasteiger partial charge in [0.25, 0.3) is 11.8 Å². The third-order valence-electron chi connectivity index (χ3n) is 4.23. The van der Waals surface area contributed by atoms with Gasteiger partial charge >= 0.3 is 0 Å². The molecule has 0 spiro atoms. The van der Waals surface area contributed by atoms with Crippen molar-refractivity contribution in [3.63, 3.8) is 0 Å². The van der Waals surface area contributed by atoms with Gasteiger partial charge in [0.15, 0.2) is 0 Å². The minimum Gasteiger partial charge on any atom is -0.495 e. The van der Waals surface area contributed by atoms with E-state index in [1.165, 1.54) is 16.2 Å². The molecule has 5 nitrogen and oxygen atoms in total. The van der Waals surface area contributed by atoms with Crippen LogP contribution in [0.2, 0.25) is 0 Å². The first kappa shape index (κ1) is 17.1. The van der Waals surface area contributed by atoms with E-state index in [0.29, 0.717) is 22.7 Å². The van der Waals surface area contributed by atoms with Crippen LogP contribution in [0.5, 0.6) is 5.75 Å². The molecule has 1 aliphatic rings. The molecule has 134 valence electrons. The first-order chi connectivity index (χ1) is 13.2. The lowest BCUT2D eigenvalue weighted by molar-refractivity contribution is -0.120. The average Bonchev–Trinajstić information content (AvgIpc) is 3.30. The number of amides is 2. The third kappa shape index (κ3) is 3.00. The smallest absolute Gasteiger partial charge is 0.282 e. The molecule has 6 heteroatoms. The zero-order valence-electron chi connectivity index (χ0n) is 14.5. The Kier molecular flexibility index (Phi) is 4.48. The Bertz CT molecular complexity index is 1030. The number of benzene rings is 2. The van der Waals surface area contributed by atoms with Gasteiger partial charge in [-0.1, -0.05) is 36.4 Å². The summed E-state index contributed by atoms with van der Waals surface area (Å²) in [5.74, 6) is -0.138. The van der Waals surface area contributed by atoms with Gasteiger partial charge < -0.3 is 10.1 Å². The highest BCUT2D eigenvalue weighted by molar-refractivity contribution is 7.11. The van der Waals surface area contributed by atoms with Gasteiger partial charge in [0.2, 0.25) is 0 Å². The zero-order chi connectivity index (χ0) is 18.8. The van der Waals surface area contributed by atoms with Crippen LogP contribution < -0.4 is 15.0 Å². The monoisotopic (exact) mass is 376 g/mol. The van der Waals surface area contributed by atoms with Crippen LogP contribution in [-0.2, 0) is 9.59 Å². The van der Waals surface area contributed by atoms with Gasteiger partial charge in [-0.2, -0.15) is 0 Å². The summed E-state index contributed by atoms with van der Waals surface area (Å²) < 4.78 is 5.36. The van der Waals surface area contributed by atoms with Crippen molar-refractivity contribution in [1.29, 1.82) is 0 Å². The molecule has 3 aromatic rings. The lowest BCUT2D eigenvalue weighted by atomic mass is 10.1. The third-order valence-corrected chi connectivity index (χ3v) is 5.12. The second-order valence-electron chi connectivity index (χ2n) is 5.83. The summed E-state index contributed by atoms with van der Waals surface area (Å²) in [6, 6.07) is 19.9. The number of nitrogens with zero attached hydrogens (tertiary/aromatic N) is 1. The SMILES string of the molecule is COc1ccccc1NC1=C(c2cccs2)C(=O)N(c2ccccc2)C1=O. The summed E-state index contributed by atoms with van der Waals surface area (Å²) in [6.07, 6.45) is 0. The molecule has 0 bridgehead atoms. The van der Waals surface area contributed by atoms with E-state index >= 15 is 0 Å². The fraction of sp³-hybridized carbons (Fsp3) is 0.0476. The number of carbonyl (C=O) groups excluding carboxylic acids is 2. The number of nitrogens with one attached hydrogen (secondary N) is 1. The Hall–Kier alpha value is -3.38. The number of anilines is 2. The van der Waals surface area contributed by atoms with Crippen LogP contribution in [0.1, 0.15) is 4.88 Å². The molecule has 0 saturated heterocycles. The lowest BCUT2D eigenvalue weighted by Crippen LogP contribution is -2.32. The van der Waals surface area contributed by atoms with Crippen molar-refractivity contribution in [3.05, 3.63) is 82.7 Å². The van der Waals surface area contributed by atoms with Crippen molar-refractivity contribution in [3.8, 4) is 5.75 Å². The summed E-state index contributed by atoms with van der Waals surface area (Å²) in [7, 11) is 1.56. The normalized spacial score (nSPS) is 14.0. The van der Waals surface area contributed by atoms with E-state index in [9.17, 15) is 9.59 Å². The van der Waals surface area contributed by atoms with E-state index < -0.39 is 0 Å². The van der Waals surface area contributed by atoms with E-state index in [-0.39, 0.29) is 17.5 Å². The van der Waals surface area contributed by atoms with Crippen LogP contribution >= 0.6 is 11.3 Å². The number of imide groups is 1. The summed E-state index contributed by atoms with van der Waals surface area (Å²) in [6.45, 7) is 0. The van der Waals surface area contributed by atoms with Crippen LogP contribution in [0, 0.1) is 0 Å². The summed E-state index contributed by atoms with van der Waals surface area (Å²) in [5, 5.41) is 5.01. The highest BCUT2D eigenvalue weighted by Crippen LogP contribution is 2.36. The highest BCUT2D eigenvalue weighted by Gasteiger charge is 2.40. The van der Waals surface area contributed by atoms with Crippen LogP contribution in [0.25, 0.3) is 5.57 Å². The molecule has 27 heavy (non-hydrogen) atoms. The minimum absolute atomic E-state index is 0.246. The van der Waals surface area contributed by atoms with Gasteiger partial charge in [0, 0.05) is 4.88 Å². The van der Waals surface area contributed by atoms with E-state index in [0.717, 1.165) is 4.88 Å². The molecule has 0 saturated carbocycles. The molecule has 0 radical (unpaired) electrons. The van der Waals surface area contributed by atoms with Crippen molar-refractivity contribution in [1.82, 2.24) is 0 Å². The fourth-order valence-corrected chi connectivity index (χ4v) is 3.76. The Balaban J connectivity index is 1.82. The molecule has 2 heterocycles.